The summed E-state index contributed by atoms with van der Waals surface area (Å²) >= 11 is 3.50. The Morgan fingerprint density at radius 2 is 2.00 bits per heavy atom. The maximum atomic E-state index is 5.69. The first-order valence-corrected chi connectivity index (χ1v) is 7.34. The molecule has 0 fully saturated rings. The Hall–Kier alpha value is -1.81. The average Bonchev–Trinajstić information content (AvgIpc) is 2.83. The maximum Gasteiger partial charge on any atom is 0.119 e. The number of rotatable bonds is 4. The van der Waals surface area contributed by atoms with E-state index in [1.165, 1.54) is 5.56 Å². The van der Waals surface area contributed by atoms with Crippen molar-refractivity contribution in [1.29, 1.82) is 0 Å². The number of aromatic amines is 1. The third-order valence-electron chi connectivity index (χ3n) is 3.14. The van der Waals surface area contributed by atoms with Crippen molar-refractivity contribution in [2.24, 2.45) is 0 Å². The number of imidazole rings is 1. The lowest BCUT2D eigenvalue weighted by atomic mass is 10.2. The molecular formula is C16H15BrN2O. The van der Waals surface area contributed by atoms with Crippen molar-refractivity contribution < 1.29 is 4.74 Å². The number of aromatic nitrogens is 2. The Labute approximate surface area is 126 Å². The van der Waals surface area contributed by atoms with Gasteiger partial charge in [-0.1, -0.05) is 34.1 Å². The summed E-state index contributed by atoms with van der Waals surface area (Å²) in [6.07, 6.45) is 0.765. The van der Waals surface area contributed by atoms with E-state index in [0.29, 0.717) is 6.61 Å². The highest BCUT2D eigenvalue weighted by atomic mass is 79.9. The van der Waals surface area contributed by atoms with Crippen LogP contribution in [0.15, 0.2) is 46.9 Å². The molecule has 0 aliphatic rings. The van der Waals surface area contributed by atoms with Gasteiger partial charge in [0.15, 0.2) is 0 Å². The number of benzene rings is 2. The van der Waals surface area contributed by atoms with Crippen LogP contribution in [0.5, 0.6) is 5.75 Å². The molecule has 0 atom stereocenters. The summed E-state index contributed by atoms with van der Waals surface area (Å²) < 4.78 is 6.76. The van der Waals surface area contributed by atoms with Crippen molar-refractivity contribution in [1.82, 2.24) is 9.97 Å². The Balaban J connectivity index is 1.70. The minimum Gasteiger partial charge on any atom is -0.493 e. The third-order valence-corrected chi connectivity index (χ3v) is 3.60. The lowest BCUT2D eigenvalue weighted by Crippen LogP contribution is -2.02. The third kappa shape index (κ3) is 2.85. The second kappa shape index (κ2) is 5.67. The lowest BCUT2D eigenvalue weighted by Gasteiger charge is -2.03. The van der Waals surface area contributed by atoms with Crippen molar-refractivity contribution in [3.05, 3.63) is 58.3 Å². The van der Waals surface area contributed by atoms with Gasteiger partial charge in [0.05, 0.1) is 17.6 Å². The molecule has 0 saturated carbocycles. The van der Waals surface area contributed by atoms with Gasteiger partial charge in [0.25, 0.3) is 0 Å². The summed E-state index contributed by atoms with van der Waals surface area (Å²) in [7, 11) is 0. The number of ether oxygens (including phenoxy) is 1. The van der Waals surface area contributed by atoms with Crippen molar-refractivity contribution in [2.75, 3.05) is 6.61 Å². The quantitative estimate of drug-likeness (QED) is 0.776. The van der Waals surface area contributed by atoms with E-state index >= 15 is 0 Å². The van der Waals surface area contributed by atoms with Crippen molar-refractivity contribution >= 4 is 27.0 Å². The molecule has 2 aromatic carbocycles. The van der Waals surface area contributed by atoms with Gasteiger partial charge in [0.2, 0.25) is 0 Å². The molecule has 0 aliphatic carbocycles. The first-order chi connectivity index (χ1) is 9.72. The molecule has 1 aromatic heterocycles. The molecule has 4 heteroatoms. The van der Waals surface area contributed by atoms with Crippen LogP contribution in [0.4, 0.5) is 0 Å². The number of fused-ring (bicyclic) bond motifs is 1. The van der Waals surface area contributed by atoms with Crippen LogP contribution in [0.3, 0.4) is 0 Å². The predicted molar refractivity (Wildman–Crippen MR) is 84.2 cm³/mol. The number of nitrogens with zero attached hydrogens (tertiary/aromatic N) is 1. The van der Waals surface area contributed by atoms with E-state index < -0.39 is 0 Å². The van der Waals surface area contributed by atoms with Crippen molar-refractivity contribution in [3.8, 4) is 5.75 Å². The van der Waals surface area contributed by atoms with Gasteiger partial charge in [-0.05, 0) is 36.8 Å². The SMILES string of the molecule is Cc1cc(Br)cc2[nH]c(CCOc3ccccc3)nc12. The molecule has 3 aromatic rings. The van der Waals surface area contributed by atoms with Gasteiger partial charge in [-0.25, -0.2) is 4.98 Å². The van der Waals surface area contributed by atoms with Gasteiger partial charge in [-0.2, -0.15) is 0 Å². The van der Waals surface area contributed by atoms with Crippen molar-refractivity contribution in [2.45, 2.75) is 13.3 Å². The van der Waals surface area contributed by atoms with Crippen LogP contribution < -0.4 is 4.74 Å². The van der Waals surface area contributed by atoms with Crippen LogP contribution in [0.25, 0.3) is 11.0 Å². The van der Waals surface area contributed by atoms with Gasteiger partial charge in [-0.15, -0.1) is 0 Å². The molecule has 0 bridgehead atoms. The minimum absolute atomic E-state index is 0.615. The number of H-pyrrole nitrogens is 1. The van der Waals surface area contributed by atoms with E-state index in [1.54, 1.807) is 0 Å². The van der Waals surface area contributed by atoms with E-state index in [-0.39, 0.29) is 0 Å². The number of aryl methyl sites for hydroxylation is 1. The monoisotopic (exact) mass is 330 g/mol. The summed E-state index contributed by atoms with van der Waals surface area (Å²) in [6.45, 7) is 2.68. The molecule has 3 nitrogen and oxygen atoms in total. The maximum absolute atomic E-state index is 5.69. The molecule has 0 amide bonds. The summed E-state index contributed by atoms with van der Waals surface area (Å²) in [6, 6.07) is 14.0. The largest absolute Gasteiger partial charge is 0.493 e. The minimum atomic E-state index is 0.615. The van der Waals surface area contributed by atoms with E-state index in [0.717, 1.165) is 33.5 Å². The van der Waals surface area contributed by atoms with Crippen LogP contribution in [0.2, 0.25) is 0 Å². The van der Waals surface area contributed by atoms with Crippen LogP contribution in [0, 0.1) is 6.92 Å². The Morgan fingerprint density at radius 3 is 2.80 bits per heavy atom. The zero-order valence-corrected chi connectivity index (χ0v) is 12.8. The summed E-state index contributed by atoms with van der Waals surface area (Å²) in [5.74, 6) is 1.85. The molecule has 0 saturated heterocycles. The zero-order valence-electron chi connectivity index (χ0n) is 11.2. The second-order valence-electron chi connectivity index (χ2n) is 4.71. The van der Waals surface area contributed by atoms with Gasteiger partial charge in [0, 0.05) is 10.9 Å². The first kappa shape index (κ1) is 13.2. The van der Waals surface area contributed by atoms with E-state index in [4.69, 9.17) is 4.74 Å². The van der Waals surface area contributed by atoms with Gasteiger partial charge in [-0.3, -0.25) is 0 Å². The van der Waals surface area contributed by atoms with E-state index in [2.05, 4.69) is 45.0 Å². The molecule has 1 heterocycles. The fourth-order valence-electron chi connectivity index (χ4n) is 2.20. The second-order valence-corrected chi connectivity index (χ2v) is 5.63. The van der Waals surface area contributed by atoms with Crippen LogP contribution >= 0.6 is 15.9 Å². The molecule has 0 unspecified atom stereocenters. The van der Waals surface area contributed by atoms with Gasteiger partial charge in [0.1, 0.15) is 11.6 Å². The fraction of sp³-hybridized carbons (Fsp3) is 0.188. The fourth-order valence-corrected chi connectivity index (χ4v) is 2.77. The lowest BCUT2D eigenvalue weighted by molar-refractivity contribution is 0.319. The standard InChI is InChI=1S/C16H15BrN2O/c1-11-9-12(17)10-14-16(11)19-15(18-14)7-8-20-13-5-3-2-4-6-13/h2-6,9-10H,7-8H2,1H3,(H,18,19). The molecule has 0 aliphatic heterocycles. The summed E-state index contributed by atoms with van der Waals surface area (Å²) in [5, 5.41) is 0. The summed E-state index contributed by atoms with van der Waals surface area (Å²) in [4.78, 5) is 7.97. The van der Waals surface area contributed by atoms with Crippen LogP contribution in [-0.2, 0) is 6.42 Å². The van der Waals surface area contributed by atoms with E-state index in [9.17, 15) is 0 Å². The molecule has 3 rings (SSSR count). The number of hydrogen-bond acceptors (Lipinski definition) is 2. The highest BCUT2D eigenvalue weighted by Crippen LogP contribution is 2.22. The van der Waals surface area contributed by atoms with Crippen LogP contribution in [0.1, 0.15) is 11.4 Å². The average molecular weight is 331 g/mol. The highest BCUT2D eigenvalue weighted by Gasteiger charge is 2.06. The number of halogens is 1. The molecule has 20 heavy (non-hydrogen) atoms. The normalized spacial score (nSPS) is 10.9. The molecule has 0 spiro atoms. The Kier molecular flexibility index (Phi) is 3.74. The van der Waals surface area contributed by atoms with Crippen molar-refractivity contribution in [3.63, 3.8) is 0 Å². The van der Waals surface area contributed by atoms with E-state index in [1.807, 2.05) is 30.3 Å². The topological polar surface area (TPSA) is 37.9 Å². The Bertz CT molecular complexity index is 722. The van der Waals surface area contributed by atoms with Crippen LogP contribution in [-0.4, -0.2) is 16.6 Å². The van der Waals surface area contributed by atoms with Gasteiger partial charge < -0.3 is 9.72 Å². The molecule has 102 valence electrons. The Morgan fingerprint density at radius 1 is 1.20 bits per heavy atom. The molecule has 1 N–H and O–H groups in total. The molecular weight excluding hydrogens is 316 g/mol. The predicted octanol–water partition coefficient (Wildman–Crippen LogP) is 4.26. The highest BCUT2D eigenvalue weighted by molar-refractivity contribution is 9.10. The number of hydrogen-bond donors (Lipinski definition) is 1. The zero-order chi connectivity index (χ0) is 13.9. The van der Waals surface area contributed by atoms with Gasteiger partial charge >= 0.3 is 0 Å². The molecule has 0 radical (unpaired) electrons. The first-order valence-electron chi connectivity index (χ1n) is 6.55. The smallest absolute Gasteiger partial charge is 0.119 e. The summed E-state index contributed by atoms with van der Waals surface area (Å²) in [5.41, 5.74) is 3.26. The number of nitrogens with one attached hydrogen (secondary N) is 1. The number of para-hydroxylation sites is 1.